The number of furan rings is 1. The quantitative estimate of drug-likeness (QED) is 0.836. The molecule has 2 rings (SSSR count). The lowest BCUT2D eigenvalue weighted by Crippen LogP contribution is -2.18. The van der Waals surface area contributed by atoms with Crippen molar-refractivity contribution in [2.45, 2.75) is 11.6 Å². The molecule has 2 heterocycles. The van der Waals surface area contributed by atoms with Gasteiger partial charge < -0.3 is 14.1 Å². The molecule has 0 saturated heterocycles. The van der Waals surface area contributed by atoms with Crippen LogP contribution in [-0.4, -0.2) is 21.4 Å². The number of pyridine rings is 1. The second kappa shape index (κ2) is 5.59. The zero-order chi connectivity index (χ0) is 13.0. The van der Waals surface area contributed by atoms with E-state index >= 15 is 0 Å². The molecular formula is C12H11NO4S. The van der Waals surface area contributed by atoms with Crippen LogP contribution in [0.2, 0.25) is 0 Å². The number of carbonyl (C=O) groups is 1. The third kappa shape index (κ3) is 3.04. The Morgan fingerprint density at radius 3 is 2.83 bits per heavy atom. The van der Waals surface area contributed by atoms with Crippen LogP contribution in [0.3, 0.4) is 0 Å². The molecule has 0 fully saturated rings. The number of aryl methyl sites for hydroxylation is 1. The first-order valence-electron chi connectivity index (χ1n) is 5.28. The van der Waals surface area contributed by atoms with Crippen LogP contribution in [-0.2, 0) is 6.54 Å². The number of carboxylic acid groups (broad SMARTS) is 1. The minimum atomic E-state index is -1.08. The first-order valence-corrected chi connectivity index (χ1v) is 6.27. The maximum absolute atomic E-state index is 11.4. The normalized spacial score (nSPS) is 10.4. The number of nitrogens with zero attached hydrogens (tertiary/aromatic N) is 1. The van der Waals surface area contributed by atoms with Gasteiger partial charge in [0.05, 0.1) is 0 Å². The van der Waals surface area contributed by atoms with Crippen LogP contribution in [0.4, 0.5) is 0 Å². The highest BCUT2D eigenvalue weighted by Gasteiger charge is 2.08. The highest BCUT2D eigenvalue weighted by atomic mass is 32.2. The molecule has 1 N–H and O–H groups in total. The summed E-state index contributed by atoms with van der Waals surface area (Å²) in [4.78, 5) is 22.0. The Hall–Kier alpha value is -1.95. The van der Waals surface area contributed by atoms with Crippen molar-refractivity contribution in [2.75, 3.05) is 5.75 Å². The lowest BCUT2D eigenvalue weighted by molar-refractivity contribution is 0.0656. The summed E-state index contributed by atoms with van der Waals surface area (Å²) in [6.45, 7) is 0.549. The van der Waals surface area contributed by atoms with E-state index in [-0.39, 0.29) is 11.3 Å². The SMILES string of the molecule is O=C(O)c1ccc(SCCn2ccccc2=O)o1. The molecular weight excluding hydrogens is 254 g/mol. The molecule has 94 valence electrons. The molecule has 0 radical (unpaired) electrons. The van der Waals surface area contributed by atoms with Crippen molar-refractivity contribution in [2.24, 2.45) is 0 Å². The van der Waals surface area contributed by atoms with Crippen LogP contribution in [0, 0.1) is 0 Å². The van der Waals surface area contributed by atoms with Gasteiger partial charge in [-0.25, -0.2) is 4.79 Å². The largest absolute Gasteiger partial charge is 0.475 e. The van der Waals surface area contributed by atoms with Crippen molar-refractivity contribution in [3.8, 4) is 0 Å². The van der Waals surface area contributed by atoms with Gasteiger partial charge in [-0.2, -0.15) is 0 Å². The molecule has 0 amide bonds. The van der Waals surface area contributed by atoms with Gasteiger partial charge in [-0.3, -0.25) is 4.79 Å². The van der Waals surface area contributed by atoms with Crippen molar-refractivity contribution < 1.29 is 14.3 Å². The Labute approximate surface area is 107 Å². The van der Waals surface area contributed by atoms with Gasteiger partial charge in [0, 0.05) is 24.6 Å². The lowest BCUT2D eigenvalue weighted by Gasteiger charge is -2.02. The zero-order valence-corrected chi connectivity index (χ0v) is 10.2. The summed E-state index contributed by atoms with van der Waals surface area (Å²) >= 11 is 1.37. The topological polar surface area (TPSA) is 72.4 Å². The van der Waals surface area contributed by atoms with Gasteiger partial charge in [-0.15, -0.1) is 0 Å². The molecule has 2 aromatic rings. The van der Waals surface area contributed by atoms with Crippen molar-refractivity contribution in [1.29, 1.82) is 0 Å². The van der Waals surface area contributed by atoms with Gasteiger partial charge in [0.1, 0.15) is 0 Å². The van der Waals surface area contributed by atoms with Gasteiger partial charge in [0.25, 0.3) is 5.56 Å². The van der Waals surface area contributed by atoms with Crippen LogP contribution < -0.4 is 5.56 Å². The van der Waals surface area contributed by atoms with Crippen LogP contribution in [0.25, 0.3) is 0 Å². The van der Waals surface area contributed by atoms with E-state index in [0.717, 1.165) is 0 Å². The van der Waals surface area contributed by atoms with Crippen molar-refractivity contribution >= 4 is 17.7 Å². The third-order valence-electron chi connectivity index (χ3n) is 2.27. The van der Waals surface area contributed by atoms with Gasteiger partial charge in [0.2, 0.25) is 5.76 Å². The summed E-state index contributed by atoms with van der Waals surface area (Å²) in [5.41, 5.74) is -0.0521. The highest BCUT2D eigenvalue weighted by molar-refractivity contribution is 7.99. The third-order valence-corrected chi connectivity index (χ3v) is 3.16. The molecule has 0 aromatic carbocycles. The first kappa shape index (κ1) is 12.5. The number of aromatic carboxylic acids is 1. The Kier molecular flexibility index (Phi) is 3.88. The summed E-state index contributed by atoms with van der Waals surface area (Å²) in [6.07, 6.45) is 1.72. The van der Waals surface area contributed by atoms with E-state index in [1.807, 2.05) is 0 Å². The van der Waals surface area contributed by atoms with E-state index in [2.05, 4.69) is 0 Å². The maximum atomic E-state index is 11.4. The second-order valence-corrected chi connectivity index (χ2v) is 4.60. The molecule has 0 aliphatic rings. The summed E-state index contributed by atoms with van der Waals surface area (Å²) in [5, 5.41) is 9.23. The van der Waals surface area contributed by atoms with E-state index in [1.165, 1.54) is 23.9 Å². The summed E-state index contributed by atoms with van der Waals surface area (Å²) in [5.74, 6) is -0.522. The van der Waals surface area contributed by atoms with Gasteiger partial charge in [-0.05, 0) is 18.2 Å². The average Bonchev–Trinajstić information content (AvgIpc) is 2.80. The molecule has 0 atom stereocenters. The second-order valence-electron chi connectivity index (χ2n) is 3.50. The molecule has 0 unspecified atom stereocenters. The van der Waals surface area contributed by atoms with Crippen LogP contribution in [0.5, 0.6) is 0 Å². The zero-order valence-electron chi connectivity index (χ0n) is 9.41. The number of thioether (sulfide) groups is 1. The molecule has 6 heteroatoms. The number of carboxylic acids is 1. The van der Waals surface area contributed by atoms with E-state index in [1.54, 1.807) is 29.0 Å². The van der Waals surface area contributed by atoms with Crippen LogP contribution >= 0.6 is 11.8 Å². The van der Waals surface area contributed by atoms with Crippen molar-refractivity contribution in [3.05, 3.63) is 52.6 Å². The molecule has 0 spiro atoms. The van der Waals surface area contributed by atoms with E-state index in [9.17, 15) is 9.59 Å². The summed E-state index contributed by atoms with van der Waals surface area (Å²) in [6, 6.07) is 8.01. The molecule has 18 heavy (non-hydrogen) atoms. The van der Waals surface area contributed by atoms with E-state index in [4.69, 9.17) is 9.52 Å². The average molecular weight is 265 g/mol. The Balaban J connectivity index is 1.90. The summed E-state index contributed by atoms with van der Waals surface area (Å²) in [7, 11) is 0. The fourth-order valence-corrected chi connectivity index (χ4v) is 2.20. The maximum Gasteiger partial charge on any atom is 0.371 e. The fraction of sp³-hybridized carbons (Fsp3) is 0.167. The number of rotatable bonds is 5. The fourth-order valence-electron chi connectivity index (χ4n) is 1.40. The van der Waals surface area contributed by atoms with Gasteiger partial charge in [0.15, 0.2) is 5.09 Å². The van der Waals surface area contributed by atoms with Gasteiger partial charge >= 0.3 is 5.97 Å². The van der Waals surface area contributed by atoms with Crippen molar-refractivity contribution in [1.82, 2.24) is 4.57 Å². The molecule has 5 nitrogen and oxygen atoms in total. The predicted molar refractivity (Wildman–Crippen MR) is 67.1 cm³/mol. The summed E-state index contributed by atoms with van der Waals surface area (Å²) < 4.78 is 6.68. The highest BCUT2D eigenvalue weighted by Crippen LogP contribution is 2.20. The minimum Gasteiger partial charge on any atom is -0.475 e. The monoisotopic (exact) mass is 265 g/mol. The number of hydrogen-bond donors (Lipinski definition) is 1. The minimum absolute atomic E-state index is 0.0521. The van der Waals surface area contributed by atoms with E-state index < -0.39 is 5.97 Å². The Morgan fingerprint density at radius 1 is 1.33 bits per heavy atom. The smallest absolute Gasteiger partial charge is 0.371 e. The first-order chi connectivity index (χ1) is 8.66. The molecule has 0 aliphatic carbocycles. The number of aromatic nitrogens is 1. The van der Waals surface area contributed by atoms with Crippen LogP contribution in [0.15, 0.2) is 50.8 Å². The molecule has 0 aliphatic heterocycles. The predicted octanol–water partition coefficient (Wildman–Crippen LogP) is 1.93. The molecule has 2 aromatic heterocycles. The Morgan fingerprint density at radius 2 is 2.17 bits per heavy atom. The van der Waals surface area contributed by atoms with Gasteiger partial charge in [-0.1, -0.05) is 17.8 Å². The Bertz CT molecular complexity index is 602. The molecule has 0 bridgehead atoms. The number of hydrogen-bond acceptors (Lipinski definition) is 4. The van der Waals surface area contributed by atoms with E-state index in [0.29, 0.717) is 17.4 Å². The lowest BCUT2D eigenvalue weighted by atomic mass is 10.5. The standard InChI is InChI=1S/C12H11NO4S/c14-10-3-1-2-6-13(10)7-8-18-11-5-4-9(17-11)12(15)16/h1-6H,7-8H2,(H,15,16). The molecule has 0 saturated carbocycles. The van der Waals surface area contributed by atoms with Crippen LogP contribution in [0.1, 0.15) is 10.6 Å². The van der Waals surface area contributed by atoms with Crippen molar-refractivity contribution in [3.63, 3.8) is 0 Å².